The fourth-order valence-electron chi connectivity index (χ4n) is 1.59. The molecule has 0 aliphatic heterocycles. The summed E-state index contributed by atoms with van der Waals surface area (Å²) >= 11 is 0. The standard InChI is InChI=1S/C13H18N2O/c1-3-8-12(14)15(13(16)4-2)11-9-6-5-7-10-11/h4-7,9-10,12H,2-3,8,14H2,1H3. The average Bonchev–Trinajstić information content (AvgIpc) is 2.31. The van der Waals surface area contributed by atoms with E-state index < -0.39 is 0 Å². The molecule has 3 nitrogen and oxygen atoms in total. The number of carbonyl (C=O) groups is 1. The van der Waals surface area contributed by atoms with Gasteiger partial charge in [0.15, 0.2) is 0 Å². The molecule has 0 aromatic heterocycles. The number of para-hydroxylation sites is 1. The van der Waals surface area contributed by atoms with Crippen LogP contribution in [-0.2, 0) is 4.79 Å². The van der Waals surface area contributed by atoms with Crippen LogP contribution in [0.15, 0.2) is 43.0 Å². The van der Waals surface area contributed by atoms with Crippen LogP contribution in [0.2, 0.25) is 0 Å². The van der Waals surface area contributed by atoms with Gasteiger partial charge in [-0.15, -0.1) is 0 Å². The van der Waals surface area contributed by atoms with Gasteiger partial charge in [-0.1, -0.05) is 38.1 Å². The summed E-state index contributed by atoms with van der Waals surface area (Å²) in [5.41, 5.74) is 6.81. The van der Waals surface area contributed by atoms with Crippen molar-refractivity contribution >= 4 is 11.6 Å². The van der Waals surface area contributed by atoms with Crippen LogP contribution in [-0.4, -0.2) is 12.1 Å². The molecule has 0 saturated carbocycles. The molecule has 2 N–H and O–H groups in total. The van der Waals surface area contributed by atoms with Crippen molar-refractivity contribution in [3.05, 3.63) is 43.0 Å². The first-order valence-electron chi connectivity index (χ1n) is 5.47. The van der Waals surface area contributed by atoms with Gasteiger partial charge in [0.05, 0.1) is 6.17 Å². The van der Waals surface area contributed by atoms with Gasteiger partial charge in [-0.2, -0.15) is 0 Å². The molecule has 1 unspecified atom stereocenters. The van der Waals surface area contributed by atoms with Gasteiger partial charge in [-0.05, 0) is 24.6 Å². The highest BCUT2D eigenvalue weighted by Crippen LogP contribution is 2.17. The molecular formula is C13H18N2O. The Balaban J connectivity index is 2.96. The average molecular weight is 218 g/mol. The van der Waals surface area contributed by atoms with E-state index in [1.165, 1.54) is 6.08 Å². The smallest absolute Gasteiger partial charge is 0.251 e. The zero-order valence-corrected chi connectivity index (χ0v) is 9.60. The topological polar surface area (TPSA) is 46.3 Å². The number of hydrogen-bond acceptors (Lipinski definition) is 2. The Morgan fingerprint density at radius 3 is 2.62 bits per heavy atom. The van der Waals surface area contributed by atoms with Gasteiger partial charge in [0.25, 0.3) is 5.91 Å². The fourth-order valence-corrected chi connectivity index (χ4v) is 1.59. The van der Waals surface area contributed by atoms with Gasteiger partial charge < -0.3 is 5.73 Å². The highest BCUT2D eigenvalue weighted by Gasteiger charge is 2.18. The molecule has 1 amide bonds. The largest absolute Gasteiger partial charge is 0.311 e. The van der Waals surface area contributed by atoms with Gasteiger partial charge in [0, 0.05) is 5.69 Å². The van der Waals surface area contributed by atoms with E-state index >= 15 is 0 Å². The summed E-state index contributed by atoms with van der Waals surface area (Å²) in [6.07, 6.45) is 2.71. The number of nitrogens with zero attached hydrogens (tertiary/aromatic N) is 1. The van der Waals surface area contributed by atoms with Crippen LogP contribution in [0, 0.1) is 0 Å². The first kappa shape index (κ1) is 12.5. The van der Waals surface area contributed by atoms with E-state index in [1.54, 1.807) is 4.90 Å². The third-order valence-electron chi connectivity index (χ3n) is 2.36. The first-order valence-corrected chi connectivity index (χ1v) is 5.47. The summed E-state index contributed by atoms with van der Waals surface area (Å²) in [5.74, 6) is -0.160. The maximum atomic E-state index is 11.8. The zero-order valence-electron chi connectivity index (χ0n) is 9.60. The minimum Gasteiger partial charge on any atom is -0.311 e. The van der Waals surface area contributed by atoms with Crippen molar-refractivity contribution in [3.8, 4) is 0 Å². The quantitative estimate of drug-likeness (QED) is 0.609. The van der Waals surface area contributed by atoms with E-state index in [-0.39, 0.29) is 12.1 Å². The van der Waals surface area contributed by atoms with Crippen LogP contribution in [0.25, 0.3) is 0 Å². The number of amides is 1. The summed E-state index contributed by atoms with van der Waals surface area (Å²) in [7, 11) is 0. The van der Waals surface area contributed by atoms with E-state index in [2.05, 4.69) is 6.58 Å². The Morgan fingerprint density at radius 2 is 2.12 bits per heavy atom. The minimum absolute atomic E-state index is 0.160. The molecule has 0 aliphatic rings. The van der Waals surface area contributed by atoms with Crippen LogP contribution in [0.1, 0.15) is 19.8 Å². The van der Waals surface area contributed by atoms with Crippen molar-refractivity contribution in [2.45, 2.75) is 25.9 Å². The number of anilines is 1. The SMILES string of the molecule is C=CC(=O)N(c1ccccc1)C(N)CCC. The first-order chi connectivity index (χ1) is 7.70. The van der Waals surface area contributed by atoms with Crippen molar-refractivity contribution in [2.75, 3.05) is 4.90 Å². The van der Waals surface area contributed by atoms with E-state index in [0.29, 0.717) is 0 Å². The molecule has 1 aromatic carbocycles. The maximum Gasteiger partial charge on any atom is 0.251 e. The van der Waals surface area contributed by atoms with E-state index in [4.69, 9.17) is 5.73 Å². The molecule has 1 aromatic rings. The molecule has 86 valence electrons. The lowest BCUT2D eigenvalue weighted by Gasteiger charge is -2.27. The summed E-state index contributed by atoms with van der Waals surface area (Å²) in [6, 6.07) is 9.42. The molecule has 0 aliphatic carbocycles. The van der Waals surface area contributed by atoms with E-state index in [0.717, 1.165) is 18.5 Å². The Bertz CT molecular complexity index is 348. The van der Waals surface area contributed by atoms with Crippen molar-refractivity contribution in [3.63, 3.8) is 0 Å². The van der Waals surface area contributed by atoms with Crippen molar-refractivity contribution in [1.82, 2.24) is 0 Å². The number of hydrogen-bond donors (Lipinski definition) is 1. The predicted octanol–water partition coefficient (Wildman–Crippen LogP) is 2.29. The summed E-state index contributed by atoms with van der Waals surface area (Å²) < 4.78 is 0. The molecule has 0 spiro atoms. The molecule has 0 heterocycles. The Labute approximate surface area is 96.6 Å². The van der Waals surface area contributed by atoms with Gasteiger partial charge in [-0.25, -0.2) is 0 Å². The minimum atomic E-state index is -0.294. The molecule has 0 radical (unpaired) electrons. The molecule has 0 fully saturated rings. The molecular weight excluding hydrogens is 200 g/mol. The second kappa shape index (κ2) is 6.08. The normalized spacial score (nSPS) is 11.9. The van der Waals surface area contributed by atoms with Gasteiger partial charge >= 0.3 is 0 Å². The van der Waals surface area contributed by atoms with Crippen LogP contribution in [0.5, 0.6) is 0 Å². The molecule has 3 heteroatoms. The van der Waals surface area contributed by atoms with Crippen LogP contribution in [0.4, 0.5) is 5.69 Å². The fraction of sp³-hybridized carbons (Fsp3) is 0.308. The third-order valence-corrected chi connectivity index (χ3v) is 2.36. The molecule has 16 heavy (non-hydrogen) atoms. The van der Waals surface area contributed by atoms with Crippen molar-refractivity contribution in [1.29, 1.82) is 0 Å². The Hall–Kier alpha value is -1.61. The second-order valence-electron chi connectivity index (χ2n) is 3.60. The predicted molar refractivity (Wildman–Crippen MR) is 67.0 cm³/mol. The van der Waals surface area contributed by atoms with Gasteiger partial charge in [-0.3, -0.25) is 9.69 Å². The summed E-state index contributed by atoms with van der Waals surface area (Å²) in [4.78, 5) is 13.3. The summed E-state index contributed by atoms with van der Waals surface area (Å²) in [6.45, 7) is 5.55. The van der Waals surface area contributed by atoms with E-state index in [9.17, 15) is 4.79 Å². The molecule has 0 bridgehead atoms. The number of nitrogens with two attached hydrogens (primary N) is 1. The highest BCUT2D eigenvalue weighted by molar-refractivity contribution is 6.01. The Kier molecular flexibility index (Phi) is 4.73. The van der Waals surface area contributed by atoms with E-state index in [1.807, 2.05) is 37.3 Å². The van der Waals surface area contributed by atoms with Crippen LogP contribution < -0.4 is 10.6 Å². The summed E-state index contributed by atoms with van der Waals surface area (Å²) in [5, 5.41) is 0. The lowest BCUT2D eigenvalue weighted by molar-refractivity contribution is -0.114. The van der Waals surface area contributed by atoms with Crippen LogP contribution in [0.3, 0.4) is 0 Å². The molecule has 1 atom stereocenters. The number of benzene rings is 1. The molecule has 0 saturated heterocycles. The maximum absolute atomic E-state index is 11.8. The van der Waals surface area contributed by atoms with Gasteiger partial charge in [0.1, 0.15) is 0 Å². The Morgan fingerprint density at radius 1 is 1.50 bits per heavy atom. The van der Waals surface area contributed by atoms with Crippen molar-refractivity contribution < 1.29 is 4.79 Å². The van der Waals surface area contributed by atoms with Crippen LogP contribution >= 0.6 is 0 Å². The monoisotopic (exact) mass is 218 g/mol. The second-order valence-corrected chi connectivity index (χ2v) is 3.60. The number of carbonyl (C=O) groups excluding carboxylic acids is 1. The third kappa shape index (κ3) is 2.94. The van der Waals surface area contributed by atoms with Gasteiger partial charge in [0.2, 0.25) is 0 Å². The van der Waals surface area contributed by atoms with Crippen molar-refractivity contribution in [2.24, 2.45) is 5.73 Å². The molecule has 1 rings (SSSR count). The number of rotatable bonds is 5. The highest BCUT2D eigenvalue weighted by atomic mass is 16.2. The lowest BCUT2D eigenvalue weighted by Crippen LogP contribution is -2.45. The zero-order chi connectivity index (χ0) is 12.0. The lowest BCUT2D eigenvalue weighted by atomic mass is 10.2.